The average molecular weight is 332 g/mol. The van der Waals surface area contributed by atoms with E-state index >= 15 is 0 Å². The first-order valence-electron chi connectivity index (χ1n) is 6.38. The van der Waals surface area contributed by atoms with Crippen LogP contribution in [0.5, 0.6) is 0 Å². The Bertz CT molecular complexity index is 678. The summed E-state index contributed by atoms with van der Waals surface area (Å²) < 4.78 is 25.7. The molecule has 3 rings (SSSR count). The Balaban J connectivity index is 1.67. The minimum Gasteiger partial charge on any atom is -0.245 e. The summed E-state index contributed by atoms with van der Waals surface area (Å²) in [6.07, 6.45) is 3.33. The molecule has 0 amide bonds. The summed E-state index contributed by atoms with van der Waals surface area (Å²) in [6, 6.07) is 12.4. The maximum absolute atomic E-state index is 12.8. The van der Waals surface area contributed by atoms with Gasteiger partial charge in [-0.05, 0) is 48.5 Å². The van der Waals surface area contributed by atoms with E-state index in [0.29, 0.717) is 0 Å². The highest BCUT2D eigenvalue weighted by Crippen LogP contribution is 2.29. The summed E-state index contributed by atoms with van der Waals surface area (Å²) >= 11 is 2.83. The Morgan fingerprint density at radius 1 is 0.591 bits per heavy atom. The van der Waals surface area contributed by atoms with Crippen molar-refractivity contribution in [2.24, 2.45) is 0 Å². The van der Waals surface area contributed by atoms with Crippen LogP contribution in [0.25, 0.3) is 0 Å². The Kier molecular flexibility index (Phi) is 4.70. The van der Waals surface area contributed by atoms with E-state index in [9.17, 15) is 8.78 Å². The van der Waals surface area contributed by atoms with Gasteiger partial charge in [-0.1, -0.05) is 23.5 Å². The molecule has 22 heavy (non-hydrogen) atoms. The maximum Gasteiger partial charge on any atom is 0.123 e. The maximum atomic E-state index is 12.8. The van der Waals surface area contributed by atoms with Crippen molar-refractivity contribution in [3.63, 3.8) is 0 Å². The first kappa shape index (κ1) is 15.0. The normalized spacial score (nSPS) is 10.6. The van der Waals surface area contributed by atoms with Gasteiger partial charge in [-0.3, -0.25) is 0 Å². The number of hydrogen-bond acceptors (Lipinski definition) is 4. The fraction of sp³-hybridized carbons (Fsp3) is 0. The second-order valence-electron chi connectivity index (χ2n) is 4.30. The van der Waals surface area contributed by atoms with Crippen molar-refractivity contribution < 1.29 is 8.78 Å². The molecule has 0 saturated carbocycles. The number of hydrogen-bond donors (Lipinski definition) is 0. The van der Waals surface area contributed by atoms with E-state index in [2.05, 4.69) is 9.97 Å². The zero-order chi connectivity index (χ0) is 15.4. The standard InChI is InChI=1S/C16H10F2N2S2/c17-11-1-5-13(6-2-11)21-15-9-20-16(10-19-15)22-14-7-3-12(18)4-8-14/h1-10H. The molecule has 0 atom stereocenters. The Hall–Kier alpha value is -1.92. The third-order valence-corrected chi connectivity index (χ3v) is 4.53. The van der Waals surface area contributed by atoms with E-state index < -0.39 is 0 Å². The van der Waals surface area contributed by atoms with Gasteiger partial charge in [0.05, 0.1) is 12.4 Å². The van der Waals surface area contributed by atoms with Crippen LogP contribution in [-0.2, 0) is 0 Å². The molecule has 2 nitrogen and oxygen atoms in total. The fourth-order valence-electron chi connectivity index (χ4n) is 1.66. The first-order valence-corrected chi connectivity index (χ1v) is 8.01. The van der Waals surface area contributed by atoms with Crippen molar-refractivity contribution in [3.8, 4) is 0 Å². The zero-order valence-electron chi connectivity index (χ0n) is 11.2. The van der Waals surface area contributed by atoms with Crippen LogP contribution in [0.15, 0.2) is 80.8 Å². The van der Waals surface area contributed by atoms with E-state index in [1.807, 2.05) is 0 Å². The minimum atomic E-state index is -0.263. The van der Waals surface area contributed by atoms with Crippen LogP contribution in [0.1, 0.15) is 0 Å². The third kappa shape index (κ3) is 4.05. The topological polar surface area (TPSA) is 25.8 Å². The Labute approximate surface area is 135 Å². The summed E-state index contributed by atoms with van der Waals surface area (Å²) in [5.74, 6) is -0.525. The van der Waals surface area contributed by atoms with E-state index in [-0.39, 0.29) is 11.6 Å². The summed E-state index contributed by atoms with van der Waals surface area (Å²) in [5.41, 5.74) is 0. The van der Waals surface area contributed by atoms with Gasteiger partial charge < -0.3 is 0 Å². The van der Waals surface area contributed by atoms with Crippen molar-refractivity contribution in [2.75, 3.05) is 0 Å². The summed E-state index contributed by atoms with van der Waals surface area (Å²) in [5, 5.41) is 1.46. The first-order chi connectivity index (χ1) is 10.7. The van der Waals surface area contributed by atoms with Crippen LogP contribution in [0.2, 0.25) is 0 Å². The van der Waals surface area contributed by atoms with Crippen LogP contribution in [-0.4, -0.2) is 9.97 Å². The Morgan fingerprint density at radius 2 is 0.955 bits per heavy atom. The van der Waals surface area contributed by atoms with Crippen LogP contribution < -0.4 is 0 Å². The molecule has 0 saturated heterocycles. The number of rotatable bonds is 4. The lowest BCUT2D eigenvalue weighted by Crippen LogP contribution is -1.86. The lowest BCUT2D eigenvalue weighted by atomic mass is 10.4. The Morgan fingerprint density at radius 3 is 1.27 bits per heavy atom. The largest absolute Gasteiger partial charge is 0.245 e. The van der Waals surface area contributed by atoms with Gasteiger partial charge in [0.2, 0.25) is 0 Å². The van der Waals surface area contributed by atoms with Gasteiger partial charge >= 0.3 is 0 Å². The van der Waals surface area contributed by atoms with Crippen LogP contribution in [0.4, 0.5) is 8.78 Å². The highest BCUT2D eigenvalue weighted by atomic mass is 32.2. The molecule has 6 heteroatoms. The van der Waals surface area contributed by atoms with Crippen molar-refractivity contribution >= 4 is 23.5 Å². The fourth-order valence-corrected chi connectivity index (χ4v) is 3.11. The summed E-state index contributed by atoms with van der Waals surface area (Å²) in [6.45, 7) is 0. The van der Waals surface area contributed by atoms with E-state index in [0.717, 1.165) is 19.8 Å². The summed E-state index contributed by atoms with van der Waals surface area (Å²) in [7, 11) is 0. The van der Waals surface area contributed by atoms with Crippen LogP contribution in [0, 0.1) is 11.6 Å². The molecule has 0 spiro atoms. The summed E-state index contributed by atoms with van der Waals surface area (Å²) in [4.78, 5) is 10.4. The van der Waals surface area contributed by atoms with Gasteiger partial charge in [-0.2, -0.15) is 0 Å². The minimum absolute atomic E-state index is 0.263. The predicted molar refractivity (Wildman–Crippen MR) is 83.1 cm³/mol. The van der Waals surface area contributed by atoms with Crippen molar-refractivity contribution in [2.45, 2.75) is 19.8 Å². The quantitative estimate of drug-likeness (QED) is 0.667. The molecule has 0 radical (unpaired) electrons. The van der Waals surface area contributed by atoms with E-state index in [1.54, 1.807) is 36.7 Å². The van der Waals surface area contributed by atoms with Gasteiger partial charge in [0.1, 0.15) is 21.7 Å². The van der Waals surface area contributed by atoms with E-state index in [4.69, 9.17) is 0 Å². The van der Waals surface area contributed by atoms with Crippen molar-refractivity contribution in [1.29, 1.82) is 0 Å². The molecule has 1 heterocycles. The van der Waals surface area contributed by atoms with Crippen molar-refractivity contribution in [1.82, 2.24) is 9.97 Å². The molecule has 1 aromatic heterocycles. The third-order valence-electron chi connectivity index (χ3n) is 2.68. The molecule has 0 aliphatic carbocycles. The molecule has 110 valence electrons. The molecule has 0 aliphatic heterocycles. The highest BCUT2D eigenvalue weighted by Gasteiger charge is 2.03. The molecule has 0 fully saturated rings. The molecular weight excluding hydrogens is 322 g/mol. The zero-order valence-corrected chi connectivity index (χ0v) is 12.9. The van der Waals surface area contributed by atoms with Gasteiger partial charge in [-0.25, -0.2) is 18.7 Å². The molecule has 0 bridgehead atoms. The molecule has 3 aromatic rings. The number of halogens is 2. The molecule has 2 aromatic carbocycles. The van der Waals surface area contributed by atoms with Crippen LogP contribution >= 0.6 is 23.5 Å². The molecule has 0 unspecified atom stereocenters. The second-order valence-corrected chi connectivity index (χ2v) is 6.49. The molecular formula is C16H10F2N2S2. The van der Waals surface area contributed by atoms with Gasteiger partial charge in [0.15, 0.2) is 0 Å². The SMILES string of the molecule is Fc1ccc(Sc2cnc(Sc3ccc(F)cc3)cn2)cc1. The average Bonchev–Trinajstić information content (AvgIpc) is 2.54. The monoisotopic (exact) mass is 332 g/mol. The molecule has 0 aliphatic rings. The van der Waals surface area contributed by atoms with Crippen LogP contribution in [0.3, 0.4) is 0 Å². The highest BCUT2D eigenvalue weighted by molar-refractivity contribution is 7.99. The van der Waals surface area contributed by atoms with E-state index in [1.165, 1.54) is 47.8 Å². The number of benzene rings is 2. The lowest BCUT2D eigenvalue weighted by molar-refractivity contribution is 0.626. The number of aromatic nitrogens is 2. The van der Waals surface area contributed by atoms with Gasteiger partial charge in [0, 0.05) is 9.79 Å². The second kappa shape index (κ2) is 6.89. The smallest absolute Gasteiger partial charge is 0.123 e. The lowest BCUT2D eigenvalue weighted by Gasteiger charge is -2.03. The number of nitrogens with zero attached hydrogens (tertiary/aromatic N) is 2. The van der Waals surface area contributed by atoms with Gasteiger partial charge in [-0.15, -0.1) is 0 Å². The van der Waals surface area contributed by atoms with Gasteiger partial charge in [0.25, 0.3) is 0 Å². The molecule has 0 N–H and O–H groups in total. The predicted octanol–water partition coefficient (Wildman–Crippen LogP) is 5.06. The van der Waals surface area contributed by atoms with Crippen molar-refractivity contribution in [3.05, 3.63) is 72.6 Å².